The number of halogens is 1. The highest BCUT2D eigenvalue weighted by atomic mass is 127. The van der Waals surface area contributed by atoms with Crippen LogP contribution in [0.3, 0.4) is 0 Å². The average Bonchev–Trinajstić information content (AvgIpc) is 3.05. The fourth-order valence-corrected chi connectivity index (χ4v) is 3.13. The van der Waals surface area contributed by atoms with E-state index in [-0.39, 0.29) is 5.91 Å². The summed E-state index contributed by atoms with van der Waals surface area (Å²) in [7, 11) is 0. The van der Waals surface area contributed by atoms with Crippen molar-refractivity contribution in [2.24, 2.45) is 0 Å². The summed E-state index contributed by atoms with van der Waals surface area (Å²) >= 11 is 2.26. The summed E-state index contributed by atoms with van der Waals surface area (Å²) in [6.07, 6.45) is 0.981. The van der Waals surface area contributed by atoms with Crippen LogP contribution in [-0.4, -0.2) is 5.91 Å². The predicted molar refractivity (Wildman–Crippen MR) is 105 cm³/mol. The standard InChI is InChI=1S/C20H18INO2/c1-14-13-16(21)7-10-18(14)22-20(23)12-9-17-8-11-19(24-17)15-5-3-2-4-6-15/h2-8,10-11,13H,9,12H2,1H3,(H,22,23). The highest BCUT2D eigenvalue weighted by Crippen LogP contribution is 2.23. The van der Waals surface area contributed by atoms with Gasteiger partial charge >= 0.3 is 0 Å². The van der Waals surface area contributed by atoms with E-state index in [1.54, 1.807) is 0 Å². The molecule has 1 heterocycles. The first kappa shape index (κ1) is 16.8. The Bertz CT molecular complexity index is 840. The molecular formula is C20H18INO2. The van der Waals surface area contributed by atoms with Crippen molar-refractivity contribution in [1.82, 2.24) is 0 Å². The van der Waals surface area contributed by atoms with Gasteiger partial charge in [-0.05, 0) is 65.4 Å². The number of rotatable bonds is 5. The molecule has 3 rings (SSSR count). The van der Waals surface area contributed by atoms with Crippen molar-refractivity contribution in [1.29, 1.82) is 0 Å². The largest absolute Gasteiger partial charge is 0.461 e. The Morgan fingerprint density at radius 2 is 1.88 bits per heavy atom. The zero-order valence-corrected chi connectivity index (χ0v) is 15.5. The number of aryl methyl sites for hydroxylation is 2. The smallest absolute Gasteiger partial charge is 0.224 e. The number of nitrogens with one attached hydrogen (secondary N) is 1. The molecular weight excluding hydrogens is 413 g/mol. The third-order valence-corrected chi connectivity index (χ3v) is 4.45. The number of carbonyl (C=O) groups excluding carboxylic acids is 1. The van der Waals surface area contributed by atoms with Crippen LogP contribution in [0.5, 0.6) is 0 Å². The molecule has 0 aliphatic rings. The first-order chi connectivity index (χ1) is 11.6. The Kier molecular flexibility index (Phi) is 5.35. The molecule has 0 fully saturated rings. The third kappa shape index (κ3) is 4.26. The van der Waals surface area contributed by atoms with Crippen molar-refractivity contribution in [3.05, 3.63) is 75.6 Å². The molecule has 0 aliphatic carbocycles. The fraction of sp³-hybridized carbons (Fsp3) is 0.150. The van der Waals surface area contributed by atoms with E-state index < -0.39 is 0 Å². The van der Waals surface area contributed by atoms with E-state index in [0.29, 0.717) is 12.8 Å². The van der Waals surface area contributed by atoms with Gasteiger partial charge in [0.05, 0.1) is 0 Å². The maximum Gasteiger partial charge on any atom is 0.224 e. The molecule has 0 bridgehead atoms. The maximum absolute atomic E-state index is 12.1. The highest BCUT2D eigenvalue weighted by molar-refractivity contribution is 14.1. The first-order valence-corrected chi connectivity index (χ1v) is 8.90. The molecule has 4 heteroatoms. The van der Waals surface area contributed by atoms with Crippen LogP contribution in [0.2, 0.25) is 0 Å². The summed E-state index contributed by atoms with van der Waals surface area (Å²) in [5, 5.41) is 2.96. The van der Waals surface area contributed by atoms with E-state index >= 15 is 0 Å². The van der Waals surface area contributed by atoms with E-state index in [1.165, 1.54) is 0 Å². The second-order valence-electron chi connectivity index (χ2n) is 5.64. The van der Waals surface area contributed by atoms with Crippen molar-refractivity contribution in [2.75, 3.05) is 5.32 Å². The molecule has 0 spiro atoms. The van der Waals surface area contributed by atoms with E-state index in [0.717, 1.165) is 31.9 Å². The maximum atomic E-state index is 12.1. The summed E-state index contributed by atoms with van der Waals surface area (Å²) < 4.78 is 6.99. The van der Waals surface area contributed by atoms with Crippen LogP contribution >= 0.6 is 22.6 Å². The summed E-state index contributed by atoms with van der Waals surface area (Å²) in [6.45, 7) is 2.00. The Morgan fingerprint density at radius 3 is 2.62 bits per heavy atom. The number of benzene rings is 2. The predicted octanol–water partition coefficient (Wildman–Crippen LogP) is 5.43. The molecule has 2 aromatic carbocycles. The van der Waals surface area contributed by atoms with Gasteiger partial charge in [-0.15, -0.1) is 0 Å². The molecule has 1 amide bonds. The lowest BCUT2D eigenvalue weighted by Crippen LogP contribution is -2.13. The number of furan rings is 1. The molecule has 1 N–H and O–H groups in total. The molecule has 0 unspecified atom stereocenters. The van der Waals surface area contributed by atoms with Gasteiger partial charge in [-0.25, -0.2) is 0 Å². The van der Waals surface area contributed by atoms with E-state index in [4.69, 9.17) is 4.42 Å². The molecule has 3 aromatic rings. The lowest BCUT2D eigenvalue weighted by Gasteiger charge is -2.08. The quantitative estimate of drug-likeness (QED) is 0.548. The van der Waals surface area contributed by atoms with Crippen LogP contribution < -0.4 is 5.32 Å². The van der Waals surface area contributed by atoms with E-state index in [1.807, 2.05) is 61.5 Å². The van der Waals surface area contributed by atoms with Crippen LogP contribution in [0.15, 0.2) is 65.1 Å². The first-order valence-electron chi connectivity index (χ1n) is 7.82. The molecule has 0 atom stereocenters. The van der Waals surface area contributed by atoms with Crippen LogP contribution in [0.4, 0.5) is 5.69 Å². The monoisotopic (exact) mass is 431 g/mol. The molecule has 1 aromatic heterocycles. The fourth-order valence-electron chi connectivity index (χ4n) is 2.49. The topological polar surface area (TPSA) is 42.2 Å². The van der Waals surface area contributed by atoms with Gasteiger partial charge in [0, 0.05) is 27.7 Å². The molecule has 3 nitrogen and oxygen atoms in total. The molecule has 24 heavy (non-hydrogen) atoms. The Hall–Kier alpha value is -2.08. The normalized spacial score (nSPS) is 10.6. The van der Waals surface area contributed by atoms with Crippen molar-refractivity contribution >= 4 is 34.2 Å². The van der Waals surface area contributed by atoms with Crippen molar-refractivity contribution in [3.63, 3.8) is 0 Å². The van der Waals surface area contributed by atoms with Gasteiger partial charge in [0.25, 0.3) is 0 Å². The van der Waals surface area contributed by atoms with Gasteiger partial charge in [0.1, 0.15) is 11.5 Å². The van der Waals surface area contributed by atoms with Gasteiger partial charge < -0.3 is 9.73 Å². The van der Waals surface area contributed by atoms with Crippen molar-refractivity contribution in [2.45, 2.75) is 19.8 Å². The second-order valence-corrected chi connectivity index (χ2v) is 6.89. The van der Waals surface area contributed by atoms with Crippen LogP contribution in [0, 0.1) is 10.5 Å². The van der Waals surface area contributed by atoms with Gasteiger partial charge in [0.2, 0.25) is 5.91 Å². The number of anilines is 1. The average molecular weight is 431 g/mol. The Balaban J connectivity index is 1.58. The molecule has 0 aliphatic heterocycles. The SMILES string of the molecule is Cc1cc(I)ccc1NC(=O)CCc1ccc(-c2ccccc2)o1. The highest BCUT2D eigenvalue weighted by Gasteiger charge is 2.09. The lowest BCUT2D eigenvalue weighted by molar-refractivity contribution is -0.116. The zero-order chi connectivity index (χ0) is 16.9. The van der Waals surface area contributed by atoms with E-state index in [2.05, 4.69) is 34.0 Å². The molecule has 0 saturated heterocycles. The van der Waals surface area contributed by atoms with Crippen LogP contribution in [0.1, 0.15) is 17.7 Å². The molecule has 122 valence electrons. The van der Waals surface area contributed by atoms with E-state index in [9.17, 15) is 4.79 Å². The van der Waals surface area contributed by atoms with Crippen molar-refractivity contribution in [3.8, 4) is 11.3 Å². The number of hydrogen-bond acceptors (Lipinski definition) is 2. The minimum Gasteiger partial charge on any atom is -0.461 e. The van der Waals surface area contributed by atoms with Crippen LogP contribution in [-0.2, 0) is 11.2 Å². The number of amides is 1. The van der Waals surface area contributed by atoms with Gasteiger partial charge in [-0.1, -0.05) is 30.3 Å². The summed E-state index contributed by atoms with van der Waals surface area (Å²) in [4.78, 5) is 12.1. The second kappa shape index (κ2) is 7.66. The van der Waals surface area contributed by atoms with Gasteiger partial charge in [-0.3, -0.25) is 4.79 Å². The third-order valence-electron chi connectivity index (χ3n) is 3.78. The lowest BCUT2D eigenvalue weighted by atomic mass is 10.2. The minimum atomic E-state index is -0.00281. The molecule has 0 saturated carbocycles. The van der Waals surface area contributed by atoms with Gasteiger partial charge in [-0.2, -0.15) is 0 Å². The zero-order valence-electron chi connectivity index (χ0n) is 13.4. The minimum absolute atomic E-state index is 0.00281. The summed E-state index contributed by atoms with van der Waals surface area (Å²) in [5.74, 6) is 1.65. The molecule has 0 radical (unpaired) electrons. The Morgan fingerprint density at radius 1 is 1.08 bits per heavy atom. The number of hydrogen-bond donors (Lipinski definition) is 1. The Labute approximate surface area is 155 Å². The van der Waals surface area contributed by atoms with Crippen LogP contribution in [0.25, 0.3) is 11.3 Å². The summed E-state index contributed by atoms with van der Waals surface area (Å²) in [5.41, 5.74) is 2.98. The van der Waals surface area contributed by atoms with Gasteiger partial charge in [0.15, 0.2) is 0 Å². The summed E-state index contributed by atoms with van der Waals surface area (Å²) in [6, 6.07) is 19.8. The number of carbonyl (C=O) groups is 1. The van der Waals surface area contributed by atoms with Crippen molar-refractivity contribution < 1.29 is 9.21 Å².